The highest BCUT2D eigenvalue weighted by molar-refractivity contribution is 9.11. The molecule has 1 aromatic rings. The molecule has 3 N–H and O–H groups in total. The van der Waals surface area contributed by atoms with Crippen LogP contribution in [0.2, 0.25) is 0 Å². The molecule has 1 rings (SSSR count). The number of nitrogens with one attached hydrogen (secondary N) is 1. The summed E-state index contributed by atoms with van der Waals surface area (Å²) in [4.78, 5) is 0. The van der Waals surface area contributed by atoms with Gasteiger partial charge in [-0.2, -0.15) is 0 Å². The molecule has 0 saturated carbocycles. The van der Waals surface area contributed by atoms with Crippen molar-refractivity contribution in [3.8, 4) is 5.75 Å². The Morgan fingerprint density at radius 3 is 2.27 bits per heavy atom. The van der Waals surface area contributed by atoms with Gasteiger partial charge >= 0.3 is 0 Å². The van der Waals surface area contributed by atoms with Crippen molar-refractivity contribution in [1.29, 1.82) is 5.41 Å². The van der Waals surface area contributed by atoms with E-state index >= 15 is 0 Å². The lowest BCUT2D eigenvalue weighted by Gasteiger charge is -2.10. The Balaban J connectivity index is 2.72. The second-order valence-electron chi connectivity index (χ2n) is 2.82. The Bertz CT molecular complexity index is 359. The number of hydrogen-bond acceptors (Lipinski definition) is 2. The zero-order chi connectivity index (χ0) is 11.4. The zero-order valence-corrected chi connectivity index (χ0v) is 12.4. The lowest BCUT2D eigenvalue weighted by atomic mass is 10.3. The number of rotatable bonds is 4. The third-order valence-electron chi connectivity index (χ3n) is 1.58. The fraction of sp³-hybridized carbons (Fsp3) is 0.222. The summed E-state index contributed by atoms with van der Waals surface area (Å²) in [6.07, 6.45) is 0.426. The predicted molar refractivity (Wildman–Crippen MR) is 71.6 cm³/mol. The van der Waals surface area contributed by atoms with E-state index in [0.717, 1.165) is 19.2 Å². The highest BCUT2D eigenvalue weighted by Crippen LogP contribution is 2.36. The van der Waals surface area contributed by atoms with Crippen molar-refractivity contribution in [3.05, 3.63) is 25.6 Å². The quantitative estimate of drug-likeness (QED) is 0.598. The van der Waals surface area contributed by atoms with Gasteiger partial charge in [0.25, 0.3) is 0 Å². The van der Waals surface area contributed by atoms with Crippen LogP contribution in [0.15, 0.2) is 25.6 Å². The van der Waals surface area contributed by atoms with E-state index in [1.807, 2.05) is 12.1 Å². The Kier molecular flexibility index (Phi) is 5.08. The van der Waals surface area contributed by atoms with Crippen LogP contribution in [0.4, 0.5) is 0 Å². The van der Waals surface area contributed by atoms with E-state index in [2.05, 4.69) is 47.8 Å². The molecule has 0 fully saturated rings. The summed E-state index contributed by atoms with van der Waals surface area (Å²) in [6, 6.07) is 3.79. The molecular weight excluding hydrogens is 392 g/mol. The molecule has 0 saturated heterocycles. The molecule has 6 heteroatoms. The molecule has 0 aromatic heterocycles. The summed E-state index contributed by atoms with van der Waals surface area (Å²) in [6.45, 7) is 0.397. The van der Waals surface area contributed by atoms with E-state index in [-0.39, 0.29) is 5.84 Å². The normalized spacial score (nSPS) is 10.1. The van der Waals surface area contributed by atoms with Crippen LogP contribution in [0.25, 0.3) is 0 Å². The maximum Gasteiger partial charge on any atom is 0.147 e. The molecule has 82 valence electrons. The van der Waals surface area contributed by atoms with E-state index in [1.165, 1.54) is 0 Å². The summed E-state index contributed by atoms with van der Waals surface area (Å²) >= 11 is 10.2. The van der Waals surface area contributed by atoms with Crippen molar-refractivity contribution in [3.63, 3.8) is 0 Å². The molecule has 0 radical (unpaired) electrons. The number of benzene rings is 1. The first-order valence-electron chi connectivity index (χ1n) is 4.11. The smallest absolute Gasteiger partial charge is 0.147 e. The van der Waals surface area contributed by atoms with E-state index in [0.29, 0.717) is 13.0 Å². The molecule has 0 aliphatic heterocycles. The molecule has 0 atom stereocenters. The Hall–Kier alpha value is -0.0700. The van der Waals surface area contributed by atoms with Crippen molar-refractivity contribution in [1.82, 2.24) is 0 Å². The SMILES string of the molecule is N=C(N)CCOc1c(Br)cc(Br)cc1Br. The summed E-state index contributed by atoms with van der Waals surface area (Å²) in [5.74, 6) is 0.846. The molecular formula is C9H9Br3N2O. The van der Waals surface area contributed by atoms with Gasteiger partial charge < -0.3 is 10.5 Å². The van der Waals surface area contributed by atoms with Crippen LogP contribution in [-0.2, 0) is 0 Å². The number of hydrogen-bond donors (Lipinski definition) is 2. The fourth-order valence-corrected chi connectivity index (χ4v) is 3.42. The van der Waals surface area contributed by atoms with Gasteiger partial charge in [0.1, 0.15) is 5.75 Å². The van der Waals surface area contributed by atoms with Gasteiger partial charge in [-0.3, -0.25) is 5.41 Å². The summed E-state index contributed by atoms with van der Waals surface area (Å²) < 4.78 is 8.16. The zero-order valence-electron chi connectivity index (χ0n) is 7.69. The maximum atomic E-state index is 7.07. The third-order valence-corrected chi connectivity index (χ3v) is 3.22. The average Bonchev–Trinajstić information content (AvgIpc) is 2.08. The third kappa shape index (κ3) is 4.12. The molecule has 0 aliphatic rings. The van der Waals surface area contributed by atoms with E-state index in [1.54, 1.807) is 0 Å². The molecule has 0 spiro atoms. The number of halogens is 3. The van der Waals surface area contributed by atoms with Crippen LogP contribution in [0.1, 0.15) is 6.42 Å². The highest BCUT2D eigenvalue weighted by atomic mass is 79.9. The number of amidine groups is 1. The summed E-state index contributed by atoms with van der Waals surface area (Å²) in [5, 5.41) is 7.07. The molecule has 0 amide bonds. The second kappa shape index (κ2) is 5.86. The van der Waals surface area contributed by atoms with Crippen molar-refractivity contribution < 1.29 is 4.74 Å². The van der Waals surface area contributed by atoms with Gasteiger partial charge in [-0.1, -0.05) is 15.9 Å². The number of nitrogens with two attached hydrogens (primary N) is 1. The summed E-state index contributed by atoms with van der Waals surface area (Å²) in [7, 11) is 0. The Morgan fingerprint density at radius 1 is 1.27 bits per heavy atom. The van der Waals surface area contributed by atoms with Crippen molar-refractivity contribution >= 4 is 53.6 Å². The first kappa shape index (κ1) is 13.0. The van der Waals surface area contributed by atoms with Crippen LogP contribution in [0.3, 0.4) is 0 Å². The minimum Gasteiger partial charge on any atom is -0.491 e. The minimum atomic E-state index is 0.124. The van der Waals surface area contributed by atoms with Crippen molar-refractivity contribution in [2.45, 2.75) is 6.42 Å². The minimum absolute atomic E-state index is 0.124. The van der Waals surface area contributed by atoms with Crippen LogP contribution >= 0.6 is 47.8 Å². The molecule has 0 unspecified atom stereocenters. The molecule has 15 heavy (non-hydrogen) atoms. The van der Waals surface area contributed by atoms with Crippen LogP contribution < -0.4 is 10.5 Å². The Morgan fingerprint density at radius 2 is 1.80 bits per heavy atom. The van der Waals surface area contributed by atoms with Crippen LogP contribution in [0, 0.1) is 5.41 Å². The van der Waals surface area contributed by atoms with Crippen LogP contribution in [0.5, 0.6) is 5.75 Å². The van der Waals surface area contributed by atoms with Crippen molar-refractivity contribution in [2.75, 3.05) is 6.61 Å². The highest BCUT2D eigenvalue weighted by Gasteiger charge is 2.07. The predicted octanol–water partition coefficient (Wildman–Crippen LogP) is 3.68. The maximum absolute atomic E-state index is 7.07. The first-order chi connectivity index (χ1) is 7.00. The monoisotopic (exact) mass is 398 g/mol. The Labute approximate surface area is 113 Å². The lowest BCUT2D eigenvalue weighted by Crippen LogP contribution is -2.14. The fourth-order valence-electron chi connectivity index (χ4n) is 0.930. The largest absolute Gasteiger partial charge is 0.491 e. The topological polar surface area (TPSA) is 59.1 Å². The molecule has 3 nitrogen and oxygen atoms in total. The van der Waals surface area contributed by atoms with Gasteiger partial charge in [0, 0.05) is 10.9 Å². The first-order valence-corrected chi connectivity index (χ1v) is 6.49. The average molecular weight is 401 g/mol. The second-order valence-corrected chi connectivity index (χ2v) is 5.45. The van der Waals surface area contributed by atoms with E-state index < -0.39 is 0 Å². The molecule has 1 aromatic carbocycles. The molecule has 0 aliphatic carbocycles. The van der Waals surface area contributed by atoms with Crippen molar-refractivity contribution in [2.24, 2.45) is 5.73 Å². The van der Waals surface area contributed by atoms with E-state index in [9.17, 15) is 0 Å². The van der Waals surface area contributed by atoms with Gasteiger partial charge in [-0.15, -0.1) is 0 Å². The van der Waals surface area contributed by atoms with Crippen LogP contribution in [-0.4, -0.2) is 12.4 Å². The van der Waals surface area contributed by atoms with Gasteiger partial charge in [-0.25, -0.2) is 0 Å². The van der Waals surface area contributed by atoms with E-state index in [4.69, 9.17) is 15.9 Å². The lowest BCUT2D eigenvalue weighted by molar-refractivity contribution is 0.324. The number of ether oxygens (including phenoxy) is 1. The molecule has 0 heterocycles. The van der Waals surface area contributed by atoms with Gasteiger partial charge in [-0.05, 0) is 44.0 Å². The van der Waals surface area contributed by atoms with Gasteiger partial charge in [0.05, 0.1) is 21.4 Å². The molecule has 0 bridgehead atoms. The standard InChI is InChI=1S/C9H9Br3N2O/c10-5-3-6(11)9(7(12)4-5)15-2-1-8(13)14/h3-4H,1-2H2,(H3,13,14). The van der Waals surface area contributed by atoms with Gasteiger partial charge in [0.15, 0.2) is 0 Å². The summed E-state index contributed by atoms with van der Waals surface area (Å²) in [5.41, 5.74) is 5.23. The van der Waals surface area contributed by atoms with Gasteiger partial charge in [0.2, 0.25) is 0 Å².